The quantitative estimate of drug-likeness (QED) is 0.804. The molecule has 0 aromatic heterocycles. The first-order valence-electron chi connectivity index (χ1n) is 6.23. The van der Waals surface area contributed by atoms with Crippen molar-refractivity contribution in [1.82, 2.24) is 10.2 Å². The molecule has 2 amide bonds. The average Bonchev–Trinajstić information content (AvgIpc) is 2.71. The van der Waals surface area contributed by atoms with Crippen molar-refractivity contribution in [2.75, 3.05) is 13.1 Å². The Labute approximate surface area is 111 Å². The van der Waals surface area contributed by atoms with Crippen LogP contribution in [0.15, 0.2) is 0 Å². The molecule has 1 unspecified atom stereocenters. The number of amides is 2. The molecular formula is C12H21F3N2O2. The van der Waals surface area contributed by atoms with E-state index in [0.29, 0.717) is 11.9 Å². The van der Waals surface area contributed by atoms with E-state index in [-0.39, 0.29) is 12.3 Å². The first-order valence-corrected chi connectivity index (χ1v) is 6.23. The van der Waals surface area contributed by atoms with Gasteiger partial charge in [-0.05, 0) is 19.8 Å². The van der Waals surface area contributed by atoms with Gasteiger partial charge in [0.15, 0.2) is 0 Å². The van der Waals surface area contributed by atoms with E-state index in [0.717, 1.165) is 6.54 Å². The van der Waals surface area contributed by atoms with Crippen molar-refractivity contribution in [1.29, 1.82) is 0 Å². The third kappa shape index (κ3) is 7.69. The van der Waals surface area contributed by atoms with Crippen molar-refractivity contribution in [3.05, 3.63) is 0 Å². The fourth-order valence-corrected chi connectivity index (χ4v) is 1.75. The summed E-state index contributed by atoms with van der Waals surface area (Å²) in [7, 11) is 0. The lowest BCUT2D eigenvalue weighted by atomic mass is 10.2. The minimum Gasteiger partial charge on any atom is -0.350 e. The summed E-state index contributed by atoms with van der Waals surface area (Å²) in [4.78, 5) is 22.7. The molecular weight excluding hydrogens is 261 g/mol. The van der Waals surface area contributed by atoms with E-state index in [4.69, 9.17) is 0 Å². The average molecular weight is 282 g/mol. The number of nitrogens with one attached hydrogen (secondary N) is 1. The Morgan fingerprint density at radius 3 is 2.32 bits per heavy atom. The molecule has 7 heteroatoms. The number of rotatable bonds is 3. The fourth-order valence-electron chi connectivity index (χ4n) is 1.75. The van der Waals surface area contributed by atoms with E-state index in [1.807, 2.05) is 18.7 Å². The molecule has 1 rings (SSSR count). The monoisotopic (exact) mass is 282 g/mol. The van der Waals surface area contributed by atoms with Crippen molar-refractivity contribution in [2.24, 2.45) is 5.92 Å². The van der Waals surface area contributed by atoms with Crippen molar-refractivity contribution in [3.8, 4) is 0 Å². The van der Waals surface area contributed by atoms with Gasteiger partial charge in [0.2, 0.25) is 12.3 Å². The highest BCUT2D eigenvalue weighted by atomic mass is 19.4. The molecule has 0 spiro atoms. The number of halogens is 3. The molecule has 1 aliphatic heterocycles. The van der Waals surface area contributed by atoms with Crippen LogP contribution in [0.4, 0.5) is 13.2 Å². The topological polar surface area (TPSA) is 49.4 Å². The van der Waals surface area contributed by atoms with Crippen molar-refractivity contribution in [2.45, 2.75) is 45.8 Å². The van der Waals surface area contributed by atoms with Gasteiger partial charge in [0.25, 0.3) is 0 Å². The molecule has 1 heterocycles. The lowest BCUT2D eigenvalue weighted by Crippen LogP contribution is -2.36. The summed E-state index contributed by atoms with van der Waals surface area (Å²) >= 11 is 0. The molecule has 1 saturated heterocycles. The Bertz CT molecular complexity index is 293. The fraction of sp³-hybridized carbons (Fsp3) is 0.833. The van der Waals surface area contributed by atoms with Crippen LogP contribution in [0.5, 0.6) is 0 Å². The van der Waals surface area contributed by atoms with Gasteiger partial charge in [0.05, 0.1) is 0 Å². The van der Waals surface area contributed by atoms with Crippen LogP contribution >= 0.6 is 0 Å². The zero-order valence-corrected chi connectivity index (χ0v) is 11.5. The van der Waals surface area contributed by atoms with Gasteiger partial charge in [-0.25, -0.2) is 0 Å². The van der Waals surface area contributed by atoms with Gasteiger partial charge >= 0.3 is 6.18 Å². The standard InChI is InChI=1S/C9H17NO.C3H4F3NO/c1-7(2)9(11)10-6-4-5-8(10)3;4-3(5,6)1-7-2-8/h7-8H,4-6H2,1-3H3;2H,1H2,(H,7,8). The maximum atomic E-state index is 11.5. The number of alkyl halides is 3. The van der Waals surface area contributed by atoms with Crippen LogP contribution in [-0.2, 0) is 9.59 Å². The molecule has 0 aromatic rings. The molecule has 0 bridgehead atoms. The first kappa shape index (κ1) is 17.7. The molecule has 1 N–H and O–H groups in total. The number of hydrogen-bond donors (Lipinski definition) is 1. The SMILES string of the molecule is CC(C)C(=O)N1CCCC1C.O=CNCC(F)(F)F. The summed E-state index contributed by atoms with van der Waals surface area (Å²) in [6.07, 6.45) is -1.92. The van der Waals surface area contributed by atoms with Crippen LogP contribution < -0.4 is 5.32 Å². The van der Waals surface area contributed by atoms with E-state index >= 15 is 0 Å². The molecule has 0 aromatic carbocycles. The maximum Gasteiger partial charge on any atom is 0.405 e. The normalized spacial score (nSPS) is 18.9. The lowest BCUT2D eigenvalue weighted by Gasteiger charge is -2.23. The van der Waals surface area contributed by atoms with Crippen molar-refractivity contribution >= 4 is 12.3 Å². The van der Waals surface area contributed by atoms with Crippen LogP contribution in [0, 0.1) is 5.92 Å². The van der Waals surface area contributed by atoms with Crippen molar-refractivity contribution in [3.63, 3.8) is 0 Å². The second-order valence-electron chi connectivity index (χ2n) is 4.79. The van der Waals surface area contributed by atoms with E-state index in [1.54, 1.807) is 0 Å². The van der Waals surface area contributed by atoms with Crippen LogP contribution in [0.1, 0.15) is 33.6 Å². The molecule has 1 fully saturated rings. The minimum absolute atomic E-state index is 0.00743. The Hall–Kier alpha value is -1.27. The predicted octanol–water partition coefficient (Wildman–Crippen LogP) is 1.95. The Morgan fingerprint density at radius 2 is 2.05 bits per heavy atom. The predicted molar refractivity (Wildman–Crippen MR) is 65.4 cm³/mol. The van der Waals surface area contributed by atoms with Gasteiger partial charge in [-0.15, -0.1) is 0 Å². The molecule has 4 nitrogen and oxygen atoms in total. The van der Waals surface area contributed by atoms with Gasteiger partial charge in [0.1, 0.15) is 6.54 Å². The van der Waals surface area contributed by atoms with E-state index in [1.165, 1.54) is 18.2 Å². The van der Waals surface area contributed by atoms with Crippen molar-refractivity contribution < 1.29 is 22.8 Å². The Kier molecular flexibility index (Phi) is 7.48. The lowest BCUT2D eigenvalue weighted by molar-refractivity contribution is -0.135. The number of hydrogen-bond acceptors (Lipinski definition) is 2. The first-order chi connectivity index (χ1) is 8.69. The highest BCUT2D eigenvalue weighted by Crippen LogP contribution is 2.18. The van der Waals surface area contributed by atoms with E-state index in [2.05, 4.69) is 6.92 Å². The number of carbonyl (C=O) groups excluding carboxylic acids is 2. The molecule has 112 valence electrons. The minimum atomic E-state index is -4.29. The maximum absolute atomic E-state index is 11.5. The second-order valence-corrected chi connectivity index (χ2v) is 4.79. The Morgan fingerprint density at radius 1 is 1.47 bits per heavy atom. The highest BCUT2D eigenvalue weighted by Gasteiger charge is 2.26. The summed E-state index contributed by atoms with van der Waals surface area (Å²) < 4.78 is 33.1. The molecule has 0 saturated carbocycles. The van der Waals surface area contributed by atoms with Gasteiger partial charge in [-0.2, -0.15) is 13.2 Å². The third-order valence-corrected chi connectivity index (χ3v) is 2.72. The number of likely N-dealkylation sites (tertiary alicyclic amines) is 1. The summed E-state index contributed by atoms with van der Waals surface area (Å²) in [5.41, 5.74) is 0. The smallest absolute Gasteiger partial charge is 0.350 e. The van der Waals surface area contributed by atoms with Crippen LogP contribution in [0.2, 0.25) is 0 Å². The number of nitrogens with zero attached hydrogens (tertiary/aromatic N) is 1. The largest absolute Gasteiger partial charge is 0.405 e. The zero-order chi connectivity index (χ0) is 15.1. The Balaban J connectivity index is 0.000000362. The summed E-state index contributed by atoms with van der Waals surface area (Å²) in [6.45, 7) is 5.78. The van der Waals surface area contributed by atoms with Gasteiger partial charge < -0.3 is 10.2 Å². The van der Waals surface area contributed by atoms with Gasteiger partial charge in [0, 0.05) is 18.5 Å². The molecule has 0 aliphatic carbocycles. The number of carbonyl (C=O) groups is 2. The molecule has 1 aliphatic rings. The summed E-state index contributed by atoms with van der Waals surface area (Å²) in [5.74, 6) is 0.477. The van der Waals surface area contributed by atoms with E-state index < -0.39 is 12.7 Å². The zero-order valence-electron chi connectivity index (χ0n) is 11.5. The summed E-state index contributed by atoms with van der Waals surface area (Å²) in [5, 5.41) is 1.48. The van der Waals surface area contributed by atoms with Gasteiger partial charge in [-0.1, -0.05) is 13.8 Å². The molecule has 19 heavy (non-hydrogen) atoms. The second kappa shape index (κ2) is 8.01. The van der Waals surface area contributed by atoms with Crippen LogP contribution in [-0.4, -0.2) is 42.5 Å². The van der Waals surface area contributed by atoms with Gasteiger partial charge in [-0.3, -0.25) is 9.59 Å². The van der Waals surface area contributed by atoms with Crippen LogP contribution in [0.3, 0.4) is 0 Å². The highest BCUT2D eigenvalue weighted by molar-refractivity contribution is 5.78. The molecule has 1 atom stereocenters. The van der Waals surface area contributed by atoms with Crippen LogP contribution in [0.25, 0.3) is 0 Å². The molecule has 0 radical (unpaired) electrons. The third-order valence-electron chi connectivity index (χ3n) is 2.72. The van der Waals surface area contributed by atoms with E-state index in [9.17, 15) is 22.8 Å². The summed E-state index contributed by atoms with van der Waals surface area (Å²) in [6, 6.07) is 0.477.